The minimum absolute atomic E-state index is 0.0776. The van der Waals surface area contributed by atoms with E-state index in [4.69, 9.17) is 0 Å². The van der Waals surface area contributed by atoms with E-state index in [1.54, 1.807) is 0 Å². The number of urea groups is 1. The van der Waals surface area contributed by atoms with Gasteiger partial charge in [-0.1, -0.05) is 36.4 Å². The zero-order valence-corrected chi connectivity index (χ0v) is 11.0. The van der Waals surface area contributed by atoms with Crippen LogP contribution in [-0.2, 0) is 0 Å². The first-order valence-electron chi connectivity index (χ1n) is 6.39. The number of aryl methyl sites for hydroxylation is 2. The van der Waals surface area contributed by atoms with E-state index in [2.05, 4.69) is 42.7 Å². The highest BCUT2D eigenvalue weighted by Gasteiger charge is 2.27. The van der Waals surface area contributed by atoms with Gasteiger partial charge in [0.15, 0.2) is 0 Å². The van der Waals surface area contributed by atoms with Gasteiger partial charge in [-0.2, -0.15) is 0 Å². The molecule has 19 heavy (non-hydrogen) atoms. The first-order valence-corrected chi connectivity index (χ1v) is 6.39. The van der Waals surface area contributed by atoms with Crippen LogP contribution in [0.4, 0.5) is 10.5 Å². The minimum Gasteiger partial charge on any atom is -0.327 e. The highest BCUT2D eigenvalue weighted by molar-refractivity contribution is 5.94. The summed E-state index contributed by atoms with van der Waals surface area (Å²) in [5, 5.41) is 5.89. The van der Waals surface area contributed by atoms with Crippen LogP contribution in [0.25, 0.3) is 0 Å². The third-order valence-electron chi connectivity index (χ3n) is 3.64. The van der Waals surface area contributed by atoms with Crippen LogP contribution in [0, 0.1) is 13.8 Å². The monoisotopic (exact) mass is 252 g/mol. The van der Waals surface area contributed by atoms with Crippen LogP contribution >= 0.6 is 0 Å². The molecule has 3 heteroatoms. The summed E-state index contributed by atoms with van der Waals surface area (Å²) >= 11 is 0. The fourth-order valence-corrected chi connectivity index (χ4v) is 2.68. The lowest BCUT2D eigenvalue weighted by atomic mass is 9.90. The van der Waals surface area contributed by atoms with Crippen LogP contribution in [-0.4, -0.2) is 6.03 Å². The topological polar surface area (TPSA) is 41.1 Å². The van der Waals surface area contributed by atoms with Crippen LogP contribution in [0.1, 0.15) is 28.3 Å². The summed E-state index contributed by atoms with van der Waals surface area (Å²) in [4.78, 5) is 11.8. The average molecular weight is 252 g/mol. The molecule has 0 fully saturated rings. The zero-order chi connectivity index (χ0) is 13.4. The molecule has 2 aromatic rings. The van der Waals surface area contributed by atoms with Gasteiger partial charge in [-0.15, -0.1) is 0 Å². The van der Waals surface area contributed by atoms with E-state index in [1.165, 1.54) is 11.1 Å². The van der Waals surface area contributed by atoms with Gasteiger partial charge in [0.2, 0.25) is 0 Å². The number of nitrogens with one attached hydrogen (secondary N) is 2. The van der Waals surface area contributed by atoms with Crippen molar-refractivity contribution in [3.63, 3.8) is 0 Å². The molecule has 0 spiro atoms. The van der Waals surface area contributed by atoms with Gasteiger partial charge in [0.1, 0.15) is 0 Å². The number of anilines is 1. The Balaban J connectivity index is 2.19. The molecule has 1 aliphatic rings. The molecule has 0 radical (unpaired) electrons. The van der Waals surface area contributed by atoms with Gasteiger partial charge in [-0.25, -0.2) is 4.79 Å². The molecule has 2 amide bonds. The summed E-state index contributed by atoms with van der Waals surface area (Å²) in [6.45, 7) is 4.14. The molecule has 1 aliphatic heterocycles. The average Bonchev–Trinajstić information content (AvgIpc) is 2.38. The molecular formula is C16H16N2O. The summed E-state index contributed by atoms with van der Waals surface area (Å²) < 4.78 is 0. The second-order valence-electron chi connectivity index (χ2n) is 4.92. The van der Waals surface area contributed by atoms with Gasteiger partial charge in [-0.3, -0.25) is 0 Å². The second kappa shape index (κ2) is 4.43. The molecule has 0 bridgehead atoms. The van der Waals surface area contributed by atoms with Gasteiger partial charge in [0, 0.05) is 11.3 Å². The van der Waals surface area contributed by atoms with Crippen molar-refractivity contribution in [2.45, 2.75) is 19.9 Å². The van der Waals surface area contributed by atoms with Gasteiger partial charge in [-0.05, 0) is 36.6 Å². The maximum Gasteiger partial charge on any atom is 0.320 e. The summed E-state index contributed by atoms with van der Waals surface area (Å²) in [6.07, 6.45) is 0. The number of carbonyl (C=O) groups is 1. The predicted molar refractivity (Wildman–Crippen MR) is 76.4 cm³/mol. The summed E-state index contributed by atoms with van der Waals surface area (Å²) in [7, 11) is 0. The molecule has 0 aromatic heterocycles. The quantitative estimate of drug-likeness (QED) is 0.801. The molecule has 1 heterocycles. The molecule has 2 N–H and O–H groups in total. The van der Waals surface area contributed by atoms with Crippen molar-refractivity contribution in [3.05, 3.63) is 64.7 Å². The number of fused-ring (bicyclic) bond motifs is 1. The smallest absolute Gasteiger partial charge is 0.320 e. The van der Waals surface area contributed by atoms with Crippen LogP contribution < -0.4 is 10.6 Å². The number of rotatable bonds is 1. The molecule has 3 nitrogen and oxygen atoms in total. The van der Waals surface area contributed by atoms with E-state index in [9.17, 15) is 4.79 Å². The Kier molecular flexibility index (Phi) is 2.75. The fraction of sp³-hybridized carbons (Fsp3) is 0.188. The maximum absolute atomic E-state index is 11.8. The number of benzene rings is 2. The van der Waals surface area contributed by atoms with E-state index in [-0.39, 0.29) is 12.1 Å². The highest BCUT2D eigenvalue weighted by atomic mass is 16.2. The standard InChI is InChI=1S/C16H16N2O/c1-10-6-3-4-8-12(10)15-14-11(2)7-5-9-13(14)17-16(19)18-15/h3-9,15H,1-2H3,(H2,17,18,19). The number of carbonyl (C=O) groups excluding carboxylic acids is 1. The first kappa shape index (κ1) is 11.8. The van der Waals surface area contributed by atoms with Crippen LogP contribution in [0.15, 0.2) is 42.5 Å². The van der Waals surface area contributed by atoms with E-state index >= 15 is 0 Å². The number of hydrogen-bond acceptors (Lipinski definition) is 1. The summed E-state index contributed by atoms with van der Waals surface area (Å²) in [5.74, 6) is 0. The van der Waals surface area contributed by atoms with E-state index in [0.29, 0.717) is 0 Å². The van der Waals surface area contributed by atoms with Gasteiger partial charge >= 0.3 is 6.03 Å². The van der Waals surface area contributed by atoms with Gasteiger partial charge < -0.3 is 10.6 Å². The fourth-order valence-electron chi connectivity index (χ4n) is 2.68. The SMILES string of the molecule is Cc1ccccc1C1NC(=O)Nc2cccc(C)c21. The Morgan fingerprint density at radius 3 is 2.47 bits per heavy atom. The van der Waals surface area contributed by atoms with Crippen LogP contribution in [0.5, 0.6) is 0 Å². The van der Waals surface area contributed by atoms with E-state index in [1.807, 2.05) is 24.3 Å². The van der Waals surface area contributed by atoms with Gasteiger partial charge in [0.05, 0.1) is 6.04 Å². The Bertz CT molecular complexity index is 649. The van der Waals surface area contributed by atoms with Crippen LogP contribution in [0.3, 0.4) is 0 Å². The third-order valence-corrected chi connectivity index (χ3v) is 3.64. The highest BCUT2D eigenvalue weighted by Crippen LogP contribution is 2.35. The largest absolute Gasteiger partial charge is 0.327 e. The van der Waals surface area contributed by atoms with Gasteiger partial charge in [0.25, 0.3) is 0 Å². The maximum atomic E-state index is 11.8. The summed E-state index contributed by atoms with van der Waals surface area (Å²) in [6, 6.07) is 13.9. The lowest BCUT2D eigenvalue weighted by Gasteiger charge is -2.30. The number of amides is 2. The molecule has 3 rings (SSSR count). The van der Waals surface area contributed by atoms with Crippen molar-refractivity contribution < 1.29 is 4.79 Å². The Morgan fingerprint density at radius 2 is 1.68 bits per heavy atom. The van der Waals surface area contributed by atoms with Crippen molar-refractivity contribution in [2.75, 3.05) is 5.32 Å². The molecule has 0 saturated carbocycles. The Hall–Kier alpha value is -2.29. The zero-order valence-electron chi connectivity index (χ0n) is 11.0. The minimum atomic E-state index is -0.147. The van der Waals surface area contributed by atoms with Crippen molar-refractivity contribution in [1.29, 1.82) is 0 Å². The normalized spacial score (nSPS) is 17.4. The van der Waals surface area contributed by atoms with E-state index in [0.717, 1.165) is 16.8 Å². The second-order valence-corrected chi connectivity index (χ2v) is 4.92. The molecule has 96 valence electrons. The molecule has 0 aliphatic carbocycles. The van der Waals surface area contributed by atoms with E-state index < -0.39 is 0 Å². The van der Waals surface area contributed by atoms with Crippen molar-refractivity contribution in [2.24, 2.45) is 0 Å². The Morgan fingerprint density at radius 1 is 0.947 bits per heavy atom. The Labute approximate surface area is 112 Å². The van der Waals surface area contributed by atoms with Crippen molar-refractivity contribution >= 4 is 11.7 Å². The summed E-state index contributed by atoms with van der Waals surface area (Å²) in [5.41, 5.74) is 5.56. The first-order chi connectivity index (χ1) is 9.16. The number of hydrogen-bond donors (Lipinski definition) is 2. The molecule has 0 saturated heterocycles. The van der Waals surface area contributed by atoms with Crippen molar-refractivity contribution in [3.8, 4) is 0 Å². The molecular weight excluding hydrogens is 236 g/mol. The predicted octanol–water partition coefficient (Wildman–Crippen LogP) is 3.53. The molecule has 1 unspecified atom stereocenters. The van der Waals surface area contributed by atoms with Crippen molar-refractivity contribution in [1.82, 2.24) is 5.32 Å². The van der Waals surface area contributed by atoms with Crippen LogP contribution in [0.2, 0.25) is 0 Å². The molecule has 1 atom stereocenters. The molecule has 2 aromatic carbocycles. The lowest BCUT2D eigenvalue weighted by molar-refractivity contribution is 0.249. The lowest BCUT2D eigenvalue weighted by Crippen LogP contribution is -2.38. The third kappa shape index (κ3) is 1.97.